The molecular weight excluding hydrogens is 1400 g/mol. The van der Waals surface area contributed by atoms with Gasteiger partial charge in [-0.1, -0.05) is 415 Å². The lowest BCUT2D eigenvalue weighted by Gasteiger charge is -2.21. The fourth-order valence-corrected chi connectivity index (χ4v) is 15.4. The van der Waals surface area contributed by atoms with E-state index in [0.29, 0.717) is 31.6 Å². The third-order valence-electron chi connectivity index (χ3n) is 21.2. The predicted molar refractivity (Wildman–Crippen MR) is 446 cm³/mol. The number of hydrogen-bond acceptors (Lipinski definition) is 15. The topological polar surface area (TPSA) is 237 Å². The van der Waals surface area contributed by atoms with E-state index >= 15 is 0 Å². The van der Waals surface area contributed by atoms with Crippen LogP contribution >= 0.6 is 15.6 Å². The number of unbranched alkanes of at least 4 members (excludes halogenated alkanes) is 51. The highest BCUT2D eigenvalue weighted by molar-refractivity contribution is 7.47. The van der Waals surface area contributed by atoms with E-state index in [1.165, 1.54) is 263 Å². The Bertz CT molecular complexity index is 2100. The third-order valence-corrected chi connectivity index (χ3v) is 23.1. The molecule has 0 saturated carbocycles. The van der Waals surface area contributed by atoms with Crippen molar-refractivity contribution in [3.63, 3.8) is 0 Å². The van der Waals surface area contributed by atoms with Crippen LogP contribution in [0.3, 0.4) is 0 Å². The summed E-state index contributed by atoms with van der Waals surface area (Å²) >= 11 is 0. The van der Waals surface area contributed by atoms with Gasteiger partial charge in [0, 0.05) is 25.7 Å². The molecule has 0 aliphatic heterocycles. The molecule has 3 N–H and O–H groups in total. The number of aliphatic hydroxyl groups excluding tert-OH is 1. The summed E-state index contributed by atoms with van der Waals surface area (Å²) < 4.78 is 69.0. The van der Waals surface area contributed by atoms with Crippen molar-refractivity contribution in [3.05, 3.63) is 0 Å². The van der Waals surface area contributed by atoms with Crippen LogP contribution in [0.5, 0.6) is 0 Å². The number of phosphoric ester groups is 2. The number of hydrogen-bond donors (Lipinski definition) is 3. The highest BCUT2D eigenvalue weighted by Gasteiger charge is 2.31. The molecule has 19 heteroatoms. The highest BCUT2D eigenvalue weighted by atomic mass is 31.2. The van der Waals surface area contributed by atoms with Gasteiger partial charge >= 0.3 is 39.5 Å². The van der Waals surface area contributed by atoms with Crippen LogP contribution in [-0.2, 0) is 65.4 Å². The van der Waals surface area contributed by atoms with Crippen LogP contribution in [0.4, 0.5) is 0 Å². The lowest BCUT2D eigenvalue weighted by Crippen LogP contribution is -2.30. The number of esters is 4. The maximum atomic E-state index is 13.2. The van der Waals surface area contributed by atoms with Gasteiger partial charge in [-0.3, -0.25) is 37.3 Å². The summed E-state index contributed by atoms with van der Waals surface area (Å²) in [4.78, 5) is 73.3. The van der Waals surface area contributed by atoms with Crippen LogP contribution in [0.25, 0.3) is 0 Å². The summed E-state index contributed by atoms with van der Waals surface area (Å²) in [5.41, 5.74) is 0. The first-order chi connectivity index (χ1) is 52.1. The van der Waals surface area contributed by atoms with E-state index in [-0.39, 0.29) is 25.7 Å². The minimum absolute atomic E-state index is 0.107. The zero-order valence-electron chi connectivity index (χ0n) is 71.5. The molecule has 108 heavy (non-hydrogen) atoms. The van der Waals surface area contributed by atoms with Crippen LogP contribution in [-0.4, -0.2) is 96.7 Å². The van der Waals surface area contributed by atoms with Crippen molar-refractivity contribution in [2.24, 2.45) is 23.7 Å². The van der Waals surface area contributed by atoms with E-state index in [9.17, 15) is 43.2 Å². The predicted octanol–water partition coefficient (Wildman–Crippen LogP) is 27.1. The quantitative estimate of drug-likeness (QED) is 0.0222. The molecule has 0 aliphatic rings. The molecule has 4 unspecified atom stereocenters. The molecule has 0 aromatic rings. The normalized spacial score (nSPS) is 14.1. The molecule has 6 atom stereocenters. The molecule has 0 saturated heterocycles. The second-order valence-electron chi connectivity index (χ2n) is 33.7. The summed E-state index contributed by atoms with van der Waals surface area (Å²) in [6.45, 7) is 14.4. The van der Waals surface area contributed by atoms with Gasteiger partial charge in [-0.05, 0) is 49.4 Å². The Morgan fingerprint density at radius 2 is 0.444 bits per heavy atom. The zero-order chi connectivity index (χ0) is 79.5. The van der Waals surface area contributed by atoms with Crippen molar-refractivity contribution < 1.29 is 80.2 Å². The molecule has 0 heterocycles. The summed E-state index contributed by atoms with van der Waals surface area (Å²) in [6, 6.07) is 0. The standard InChI is InChI=1S/C89H174O17P2/c1-9-82(8)68-60-52-44-36-30-24-17-12-10-11-13-18-26-32-38-46-55-63-72-89(94)106-85(76-100-87(92)70-62-54-48-40-43-51-59-67-81(6)7)78-104-108(97,98)102-74-83(90)73-101-107(95,96)103-77-84(75-99-86(91)69-61-53-45-37-31-25-21-20-23-29-35-42-50-58-66-80(4)5)105-88(93)71-64-56-47-39-33-27-19-15-14-16-22-28-34-41-49-57-65-79(2)3/h79-85,90H,9-78H2,1-8H3,(H,95,96)(H,97,98)/t82?,83?,84-,85-/m1/s1. The Morgan fingerprint density at radius 3 is 0.657 bits per heavy atom. The van der Waals surface area contributed by atoms with Crippen LogP contribution in [0, 0.1) is 23.7 Å². The summed E-state index contributed by atoms with van der Waals surface area (Å²) in [5.74, 6) is 1.08. The van der Waals surface area contributed by atoms with Crippen LogP contribution in [0.15, 0.2) is 0 Å². The molecule has 0 aromatic heterocycles. The van der Waals surface area contributed by atoms with Crippen molar-refractivity contribution >= 4 is 39.5 Å². The summed E-state index contributed by atoms with van der Waals surface area (Å²) in [6.07, 6.45) is 68.1. The number of carbonyl (C=O) groups excluding carboxylic acids is 4. The van der Waals surface area contributed by atoms with E-state index in [2.05, 4.69) is 55.4 Å². The maximum absolute atomic E-state index is 13.2. The average Bonchev–Trinajstić information content (AvgIpc) is 0.885. The highest BCUT2D eigenvalue weighted by Crippen LogP contribution is 2.45. The van der Waals surface area contributed by atoms with Crippen LogP contribution in [0.2, 0.25) is 0 Å². The molecule has 0 aliphatic carbocycles. The Labute approximate surface area is 664 Å². The van der Waals surface area contributed by atoms with Crippen molar-refractivity contribution in [1.82, 2.24) is 0 Å². The third kappa shape index (κ3) is 80.7. The number of ether oxygens (including phenoxy) is 4. The van der Waals surface area contributed by atoms with Gasteiger partial charge < -0.3 is 33.8 Å². The second-order valence-corrected chi connectivity index (χ2v) is 36.6. The molecule has 0 radical (unpaired) electrons. The molecule has 0 amide bonds. The molecule has 0 rings (SSSR count). The number of aliphatic hydroxyl groups is 1. The molecule has 642 valence electrons. The van der Waals surface area contributed by atoms with Crippen LogP contribution < -0.4 is 0 Å². The maximum Gasteiger partial charge on any atom is 0.472 e. The van der Waals surface area contributed by atoms with Crippen molar-refractivity contribution in [3.8, 4) is 0 Å². The van der Waals surface area contributed by atoms with E-state index in [1.54, 1.807) is 0 Å². The number of carbonyl (C=O) groups is 4. The Morgan fingerprint density at radius 1 is 0.259 bits per heavy atom. The second kappa shape index (κ2) is 77.6. The largest absolute Gasteiger partial charge is 0.472 e. The van der Waals surface area contributed by atoms with Gasteiger partial charge in [0.2, 0.25) is 0 Å². The first-order valence-electron chi connectivity index (χ1n) is 45.7. The van der Waals surface area contributed by atoms with Gasteiger partial charge in [0.15, 0.2) is 12.2 Å². The monoisotopic (exact) mass is 1580 g/mol. The SMILES string of the molecule is CCC(C)CCCCCCCCCCCCCCCCCCCCC(=O)O[C@H](COC(=O)CCCCCCCCCC(C)C)COP(=O)(O)OCC(O)COP(=O)(O)OC[C@@H](COC(=O)CCCCCCCCCCCCCCCCC(C)C)OC(=O)CCCCCCCCCCCCCCCCCCC(C)C. The molecular formula is C89H174O17P2. The van der Waals surface area contributed by atoms with Gasteiger partial charge in [0.05, 0.1) is 26.4 Å². The lowest BCUT2D eigenvalue weighted by molar-refractivity contribution is -0.161. The van der Waals surface area contributed by atoms with Gasteiger partial charge in [-0.15, -0.1) is 0 Å². The zero-order valence-corrected chi connectivity index (χ0v) is 73.3. The molecule has 0 aromatic carbocycles. The molecule has 17 nitrogen and oxygen atoms in total. The fraction of sp³-hybridized carbons (Fsp3) is 0.955. The van der Waals surface area contributed by atoms with E-state index in [0.717, 1.165) is 114 Å². The van der Waals surface area contributed by atoms with Crippen LogP contribution in [0.1, 0.15) is 466 Å². The smallest absolute Gasteiger partial charge is 0.462 e. The van der Waals surface area contributed by atoms with Crippen molar-refractivity contribution in [2.75, 3.05) is 39.6 Å². The van der Waals surface area contributed by atoms with E-state index in [4.69, 9.17) is 37.0 Å². The molecule has 0 spiro atoms. The van der Waals surface area contributed by atoms with E-state index < -0.39 is 97.5 Å². The number of rotatable bonds is 86. The molecule has 0 bridgehead atoms. The fourth-order valence-electron chi connectivity index (χ4n) is 13.8. The van der Waals surface area contributed by atoms with Crippen molar-refractivity contribution in [2.45, 2.75) is 485 Å². The Hall–Kier alpha value is -1.94. The average molecular weight is 1580 g/mol. The van der Waals surface area contributed by atoms with Gasteiger partial charge in [-0.2, -0.15) is 0 Å². The Kier molecular flexibility index (Phi) is 76.2. The van der Waals surface area contributed by atoms with Gasteiger partial charge in [0.25, 0.3) is 0 Å². The summed E-state index contributed by atoms with van der Waals surface area (Å²) in [7, 11) is -9.93. The van der Waals surface area contributed by atoms with Crippen molar-refractivity contribution in [1.29, 1.82) is 0 Å². The van der Waals surface area contributed by atoms with E-state index in [1.807, 2.05) is 0 Å². The first-order valence-corrected chi connectivity index (χ1v) is 48.7. The number of phosphoric acid groups is 2. The molecule has 0 fully saturated rings. The summed E-state index contributed by atoms with van der Waals surface area (Å²) in [5, 5.41) is 10.7. The minimum Gasteiger partial charge on any atom is -0.462 e. The Balaban J connectivity index is 5.21. The van der Waals surface area contributed by atoms with Gasteiger partial charge in [0.1, 0.15) is 19.3 Å². The lowest BCUT2D eigenvalue weighted by atomic mass is 9.99. The van der Waals surface area contributed by atoms with Gasteiger partial charge in [-0.25, -0.2) is 9.13 Å². The minimum atomic E-state index is -4.97. The first kappa shape index (κ1) is 106.